The number of hydrogen-bond donors (Lipinski definition) is 2. The Kier molecular flexibility index (Phi) is 7.68. The summed E-state index contributed by atoms with van der Waals surface area (Å²) in [6, 6.07) is -0.562. The van der Waals surface area contributed by atoms with Crippen molar-refractivity contribution in [3.8, 4) is 0 Å². The van der Waals surface area contributed by atoms with Crippen molar-refractivity contribution in [3.05, 3.63) is 0 Å². The molecule has 88 valence electrons. The Hall–Kier alpha value is -1.06. The van der Waals surface area contributed by atoms with E-state index < -0.39 is 11.9 Å². The van der Waals surface area contributed by atoms with E-state index in [1.54, 1.807) is 6.92 Å². The molecule has 3 N–H and O–H groups in total. The standard InChI is InChI=1S/C11H22N2O2/c1-3-4-5-6-7-8-10(14)13-9(2)11(12)15/h9H,3-8H2,1-2H3,(H2,12,15)(H,13,14)/t9-/m0/s1. The van der Waals surface area contributed by atoms with Crippen molar-refractivity contribution in [1.29, 1.82) is 0 Å². The van der Waals surface area contributed by atoms with E-state index in [0.717, 1.165) is 12.8 Å². The number of unbranched alkanes of at least 4 members (excludes halogenated alkanes) is 4. The van der Waals surface area contributed by atoms with Gasteiger partial charge in [0.25, 0.3) is 0 Å². The number of carbonyl (C=O) groups is 2. The first kappa shape index (κ1) is 13.9. The fourth-order valence-electron chi connectivity index (χ4n) is 1.27. The van der Waals surface area contributed by atoms with Gasteiger partial charge in [-0.1, -0.05) is 32.6 Å². The summed E-state index contributed by atoms with van der Waals surface area (Å²) in [6.45, 7) is 3.75. The van der Waals surface area contributed by atoms with Crippen LogP contribution < -0.4 is 11.1 Å². The SMILES string of the molecule is CCCCCCCC(=O)N[C@@H](C)C(N)=O. The maximum atomic E-state index is 11.3. The van der Waals surface area contributed by atoms with E-state index in [1.165, 1.54) is 19.3 Å². The molecule has 0 aromatic rings. The van der Waals surface area contributed by atoms with Crippen LogP contribution in [0.3, 0.4) is 0 Å². The van der Waals surface area contributed by atoms with Crippen LogP contribution in [0.15, 0.2) is 0 Å². The van der Waals surface area contributed by atoms with Crippen molar-refractivity contribution >= 4 is 11.8 Å². The Morgan fingerprint density at radius 3 is 2.33 bits per heavy atom. The molecule has 0 saturated heterocycles. The number of nitrogens with one attached hydrogen (secondary N) is 1. The second-order valence-corrected chi connectivity index (χ2v) is 3.86. The Morgan fingerprint density at radius 1 is 1.20 bits per heavy atom. The van der Waals surface area contributed by atoms with Crippen molar-refractivity contribution < 1.29 is 9.59 Å². The molecule has 0 spiro atoms. The van der Waals surface area contributed by atoms with E-state index in [4.69, 9.17) is 5.73 Å². The van der Waals surface area contributed by atoms with E-state index in [1.807, 2.05) is 0 Å². The lowest BCUT2D eigenvalue weighted by atomic mass is 10.1. The first-order chi connectivity index (χ1) is 7.07. The molecule has 0 radical (unpaired) electrons. The topological polar surface area (TPSA) is 72.2 Å². The summed E-state index contributed by atoms with van der Waals surface area (Å²) in [5, 5.41) is 2.56. The average molecular weight is 214 g/mol. The van der Waals surface area contributed by atoms with E-state index >= 15 is 0 Å². The molecular formula is C11H22N2O2. The minimum Gasteiger partial charge on any atom is -0.368 e. The molecule has 0 saturated carbocycles. The maximum Gasteiger partial charge on any atom is 0.239 e. The zero-order chi connectivity index (χ0) is 11.7. The number of carbonyl (C=O) groups excluding carboxylic acids is 2. The molecule has 0 aliphatic heterocycles. The van der Waals surface area contributed by atoms with Crippen LogP contribution in [0.5, 0.6) is 0 Å². The van der Waals surface area contributed by atoms with Crippen LogP contribution in [-0.2, 0) is 9.59 Å². The smallest absolute Gasteiger partial charge is 0.239 e. The summed E-state index contributed by atoms with van der Waals surface area (Å²) in [5.74, 6) is -0.577. The van der Waals surface area contributed by atoms with Gasteiger partial charge in [0.1, 0.15) is 6.04 Å². The lowest BCUT2D eigenvalue weighted by Gasteiger charge is -2.09. The summed E-state index contributed by atoms with van der Waals surface area (Å²) in [7, 11) is 0. The third-order valence-corrected chi connectivity index (χ3v) is 2.31. The molecule has 0 rings (SSSR count). The third kappa shape index (κ3) is 7.97. The predicted octanol–water partition coefficient (Wildman–Crippen LogP) is 1.34. The van der Waals surface area contributed by atoms with Crippen molar-refractivity contribution in [3.63, 3.8) is 0 Å². The van der Waals surface area contributed by atoms with Crippen molar-refractivity contribution in [2.75, 3.05) is 0 Å². The van der Waals surface area contributed by atoms with Crippen LogP contribution in [-0.4, -0.2) is 17.9 Å². The Bertz CT molecular complexity index is 205. The summed E-state index contributed by atoms with van der Waals surface area (Å²) in [5.41, 5.74) is 5.02. The Morgan fingerprint density at radius 2 is 1.80 bits per heavy atom. The number of amides is 2. The van der Waals surface area contributed by atoms with Gasteiger partial charge in [-0.25, -0.2) is 0 Å². The number of hydrogen-bond acceptors (Lipinski definition) is 2. The molecular weight excluding hydrogens is 192 g/mol. The van der Waals surface area contributed by atoms with Crippen LogP contribution in [0, 0.1) is 0 Å². The van der Waals surface area contributed by atoms with E-state index in [-0.39, 0.29) is 5.91 Å². The molecule has 0 aromatic heterocycles. The molecule has 0 bridgehead atoms. The van der Waals surface area contributed by atoms with Crippen LogP contribution in [0.25, 0.3) is 0 Å². The highest BCUT2D eigenvalue weighted by atomic mass is 16.2. The van der Waals surface area contributed by atoms with Gasteiger partial charge in [0.2, 0.25) is 11.8 Å². The molecule has 0 aliphatic rings. The van der Waals surface area contributed by atoms with E-state index in [9.17, 15) is 9.59 Å². The minimum atomic E-state index is -0.562. The number of rotatable bonds is 8. The van der Waals surface area contributed by atoms with Gasteiger partial charge in [-0.15, -0.1) is 0 Å². The van der Waals surface area contributed by atoms with E-state index in [0.29, 0.717) is 6.42 Å². The normalized spacial score (nSPS) is 12.1. The quantitative estimate of drug-likeness (QED) is 0.598. The highest BCUT2D eigenvalue weighted by Gasteiger charge is 2.11. The molecule has 15 heavy (non-hydrogen) atoms. The van der Waals surface area contributed by atoms with Gasteiger partial charge < -0.3 is 11.1 Å². The van der Waals surface area contributed by atoms with Gasteiger partial charge in [0.15, 0.2) is 0 Å². The monoisotopic (exact) mass is 214 g/mol. The molecule has 0 fully saturated rings. The molecule has 0 heterocycles. The van der Waals surface area contributed by atoms with Crippen LogP contribution in [0.1, 0.15) is 52.4 Å². The second kappa shape index (κ2) is 8.26. The minimum absolute atomic E-state index is 0.0854. The van der Waals surface area contributed by atoms with Crippen molar-refractivity contribution in [2.45, 2.75) is 58.4 Å². The zero-order valence-corrected chi connectivity index (χ0v) is 9.71. The van der Waals surface area contributed by atoms with Gasteiger partial charge in [-0.05, 0) is 13.3 Å². The Labute approximate surface area is 91.6 Å². The summed E-state index contributed by atoms with van der Waals surface area (Å²) in [6.07, 6.45) is 6.05. The molecule has 2 amide bonds. The van der Waals surface area contributed by atoms with Crippen molar-refractivity contribution in [2.24, 2.45) is 5.73 Å². The maximum absolute atomic E-state index is 11.3. The lowest BCUT2D eigenvalue weighted by molar-refractivity contribution is -0.127. The molecule has 0 aromatic carbocycles. The van der Waals surface area contributed by atoms with E-state index in [2.05, 4.69) is 12.2 Å². The average Bonchev–Trinajstić information content (AvgIpc) is 2.17. The number of primary amides is 1. The highest BCUT2D eigenvalue weighted by Crippen LogP contribution is 2.04. The molecule has 4 heteroatoms. The largest absolute Gasteiger partial charge is 0.368 e. The van der Waals surface area contributed by atoms with Crippen LogP contribution in [0.4, 0.5) is 0 Å². The fraction of sp³-hybridized carbons (Fsp3) is 0.818. The molecule has 0 aliphatic carbocycles. The summed E-state index contributed by atoms with van der Waals surface area (Å²) >= 11 is 0. The zero-order valence-electron chi connectivity index (χ0n) is 9.71. The van der Waals surface area contributed by atoms with Crippen LogP contribution >= 0.6 is 0 Å². The fourth-order valence-corrected chi connectivity index (χ4v) is 1.27. The van der Waals surface area contributed by atoms with Crippen LogP contribution in [0.2, 0.25) is 0 Å². The molecule has 0 unspecified atom stereocenters. The van der Waals surface area contributed by atoms with Crippen molar-refractivity contribution in [1.82, 2.24) is 5.32 Å². The predicted molar refractivity (Wildman–Crippen MR) is 60.2 cm³/mol. The first-order valence-electron chi connectivity index (χ1n) is 5.66. The summed E-state index contributed by atoms with van der Waals surface area (Å²) in [4.78, 5) is 21.9. The van der Waals surface area contributed by atoms with Gasteiger partial charge in [-0.3, -0.25) is 9.59 Å². The van der Waals surface area contributed by atoms with Gasteiger partial charge in [0.05, 0.1) is 0 Å². The number of nitrogens with two attached hydrogens (primary N) is 1. The Balaban J connectivity index is 3.45. The van der Waals surface area contributed by atoms with Gasteiger partial charge >= 0.3 is 0 Å². The molecule has 1 atom stereocenters. The van der Waals surface area contributed by atoms with Gasteiger partial charge in [-0.2, -0.15) is 0 Å². The third-order valence-electron chi connectivity index (χ3n) is 2.31. The highest BCUT2D eigenvalue weighted by molar-refractivity contribution is 5.86. The lowest BCUT2D eigenvalue weighted by Crippen LogP contribution is -2.42. The summed E-state index contributed by atoms with van der Waals surface area (Å²) < 4.78 is 0. The second-order valence-electron chi connectivity index (χ2n) is 3.86. The molecule has 4 nitrogen and oxygen atoms in total. The first-order valence-corrected chi connectivity index (χ1v) is 5.66. The van der Waals surface area contributed by atoms with Gasteiger partial charge in [0, 0.05) is 6.42 Å².